The van der Waals surface area contributed by atoms with Gasteiger partial charge in [-0.3, -0.25) is 18.7 Å². The summed E-state index contributed by atoms with van der Waals surface area (Å²) in [5.41, 5.74) is 0.0650. The fourth-order valence-corrected chi connectivity index (χ4v) is 2.26. The van der Waals surface area contributed by atoms with Crippen molar-refractivity contribution in [1.82, 2.24) is 19.4 Å². The third-order valence-corrected chi connectivity index (χ3v) is 3.77. The SMILES string of the molecule is CC[C@H](C)NC(=O)c1cc(C)nc2c1c(=O)n(C)c(=O)n2C. The number of carbonyl (C=O) groups excluding carboxylic acids is 1. The van der Waals surface area contributed by atoms with Gasteiger partial charge in [0, 0.05) is 25.8 Å². The number of nitrogens with one attached hydrogen (secondary N) is 1. The molecule has 2 aromatic rings. The lowest BCUT2D eigenvalue weighted by molar-refractivity contribution is 0.0940. The molecule has 0 aliphatic rings. The van der Waals surface area contributed by atoms with Crippen LogP contribution in [0.5, 0.6) is 0 Å². The van der Waals surface area contributed by atoms with Crippen LogP contribution in [0.3, 0.4) is 0 Å². The summed E-state index contributed by atoms with van der Waals surface area (Å²) in [5.74, 6) is -0.333. The van der Waals surface area contributed by atoms with Gasteiger partial charge in [0.05, 0.1) is 10.9 Å². The summed E-state index contributed by atoms with van der Waals surface area (Å²) < 4.78 is 2.27. The quantitative estimate of drug-likeness (QED) is 0.893. The zero-order chi connectivity index (χ0) is 16.6. The molecule has 0 aromatic carbocycles. The first-order valence-electron chi connectivity index (χ1n) is 7.16. The van der Waals surface area contributed by atoms with Crippen molar-refractivity contribution >= 4 is 16.9 Å². The molecular formula is C15H20N4O3. The second kappa shape index (κ2) is 5.75. The molecule has 0 spiro atoms. The van der Waals surface area contributed by atoms with Crippen molar-refractivity contribution in [2.75, 3.05) is 0 Å². The molecular weight excluding hydrogens is 284 g/mol. The van der Waals surface area contributed by atoms with E-state index in [-0.39, 0.29) is 28.5 Å². The lowest BCUT2D eigenvalue weighted by atomic mass is 10.1. The number of amides is 1. The minimum Gasteiger partial charge on any atom is -0.350 e. The van der Waals surface area contributed by atoms with Gasteiger partial charge in [-0.15, -0.1) is 0 Å². The van der Waals surface area contributed by atoms with Crippen molar-refractivity contribution in [2.45, 2.75) is 33.2 Å². The summed E-state index contributed by atoms with van der Waals surface area (Å²) in [7, 11) is 2.92. The smallest absolute Gasteiger partial charge is 0.332 e. The maximum absolute atomic E-state index is 12.5. The van der Waals surface area contributed by atoms with Crippen LogP contribution >= 0.6 is 0 Å². The molecule has 0 bridgehead atoms. The monoisotopic (exact) mass is 304 g/mol. The Morgan fingerprint density at radius 1 is 1.32 bits per heavy atom. The first-order valence-corrected chi connectivity index (χ1v) is 7.16. The number of carbonyl (C=O) groups is 1. The average Bonchev–Trinajstić information content (AvgIpc) is 2.49. The third-order valence-electron chi connectivity index (χ3n) is 3.77. The first kappa shape index (κ1) is 15.9. The predicted molar refractivity (Wildman–Crippen MR) is 84.2 cm³/mol. The largest absolute Gasteiger partial charge is 0.350 e. The van der Waals surface area contributed by atoms with Gasteiger partial charge in [0.15, 0.2) is 0 Å². The second-order valence-corrected chi connectivity index (χ2v) is 5.50. The summed E-state index contributed by atoms with van der Waals surface area (Å²) in [4.78, 5) is 41.1. The van der Waals surface area contributed by atoms with E-state index in [4.69, 9.17) is 0 Å². The molecule has 0 aliphatic carbocycles. The van der Waals surface area contributed by atoms with Crippen molar-refractivity contribution < 1.29 is 4.79 Å². The molecule has 0 saturated heterocycles. The molecule has 1 atom stereocenters. The highest BCUT2D eigenvalue weighted by Crippen LogP contribution is 2.13. The zero-order valence-corrected chi connectivity index (χ0v) is 13.4. The highest BCUT2D eigenvalue weighted by atomic mass is 16.2. The van der Waals surface area contributed by atoms with Gasteiger partial charge in [-0.1, -0.05) is 6.92 Å². The normalized spacial score (nSPS) is 12.4. The summed E-state index contributed by atoms with van der Waals surface area (Å²) in [5, 5.41) is 3.01. The van der Waals surface area contributed by atoms with Crippen LogP contribution in [0.1, 0.15) is 36.3 Å². The third kappa shape index (κ3) is 2.54. The Balaban J connectivity index is 2.83. The molecule has 2 heterocycles. The summed E-state index contributed by atoms with van der Waals surface area (Å²) in [6, 6.07) is 1.57. The Morgan fingerprint density at radius 3 is 2.55 bits per heavy atom. The number of rotatable bonds is 3. The van der Waals surface area contributed by atoms with E-state index >= 15 is 0 Å². The molecule has 0 fully saturated rings. The van der Waals surface area contributed by atoms with Crippen LogP contribution in [-0.4, -0.2) is 26.1 Å². The Hall–Kier alpha value is -2.44. The van der Waals surface area contributed by atoms with E-state index in [2.05, 4.69) is 10.3 Å². The van der Waals surface area contributed by atoms with Gasteiger partial charge in [0.1, 0.15) is 5.65 Å². The number of hydrogen-bond donors (Lipinski definition) is 1. The van der Waals surface area contributed by atoms with Crippen LogP contribution in [0.2, 0.25) is 0 Å². The highest BCUT2D eigenvalue weighted by molar-refractivity contribution is 6.05. The van der Waals surface area contributed by atoms with Crippen LogP contribution in [-0.2, 0) is 14.1 Å². The first-order chi connectivity index (χ1) is 10.3. The van der Waals surface area contributed by atoms with E-state index in [9.17, 15) is 14.4 Å². The van der Waals surface area contributed by atoms with Crippen molar-refractivity contribution in [3.8, 4) is 0 Å². The number of aromatic nitrogens is 3. The van der Waals surface area contributed by atoms with E-state index in [1.54, 1.807) is 13.0 Å². The fourth-order valence-electron chi connectivity index (χ4n) is 2.26. The van der Waals surface area contributed by atoms with Crippen molar-refractivity contribution in [3.05, 3.63) is 38.2 Å². The Kier molecular flexibility index (Phi) is 4.16. The molecule has 2 aromatic heterocycles. The number of hydrogen-bond acceptors (Lipinski definition) is 4. The van der Waals surface area contributed by atoms with Crippen LogP contribution in [0, 0.1) is 6.92 Å². The van der Waals surface area contributed by atoms with Gasteiger partial charge in [0.25, 0.3) is 11.5 Å². The lowest BCUT2D eigenvalue weighted by Gasteiger charge is -2.14. The Morgan fingerprint density at radius 2 is 1.95 bits per heavy atom. The molecule has 0 unspecified atom stereocenters. The Labute approximate surface area is 127 Å². The van der Waals surface area contributed by atoms with Crippen molar-refractivity contribution in [2.24, 2.45) is 14.1 Å². The van der Waals surface area contributed by atoms with Crippen LogP contribution in [0.15, 0.2) is 15.7 Å². The van der Waals surface area contributed by atoms with Gasteiger partial charge in [-0.05, 0) is 26.3 Å². The molecule has 1 amide bonds. The molecule has 7 nitrogen and oxygen atoms in total. The maximum Gasteiger partial charge on any atom is 0.332 e. The highest BCUT2D eigenvalue weighted by Gasteiger charge is 2.19. The van der Waals surface area contributed by atoms with Crippen LogP contribution in [0.25, 0.3) is 11.0 Å². The van der Waals surface area contributed by atoms with Crippen LogP contribution in [0.4, 0.5) is 0 Å². The number of aryl methyl sites for hydroxylation is 2. The Bertz CT molecular complexity index is 864. The number of nitrogens with zero attached hydrogens (tertiary/aromatic N) is 3. The molecule has 2 rings (SSSR count). The fraction of sp³-hybridized carbons (Fsp3) is 0.467. The predicted octanol–water partition coefficient (Wildman–Crippen LogP) is 0.469. The molecule has 7 heteroatoms. The molecule has 1 N–H and O–H groups in total. The maximum atomic E-state index is 12.5. The summed E-state index contributed by atoms with van der Waals surface area (Å²) >= 11 is 0. The summed E-state index contributed by atoms with van der Waals surface area (Å²) in [6.45, 7) is 5.58. The van der Waals surface area contributed by atoms with Crippen LogP contribution < -0.4 is 16.6 Å². The molecule has 0 aliphatic heterocycles. The van der Waals surface area contributed by atoms with E-state index in [0.29, 0.717) is 5.69 Å². The minimum atomic E-state index is -0.514. The van der Waals surface area contributed by atoms with Gasteiger partial charge in [-0.2, -0.15) is 0 Å². The van der Waals surface area contributed by atoms with Gasteiger partial charge in [-0.25, -0.2) is 9.78 Å². The molecule has 22 heavy (non-hydrogen) atoms. The zero-order valence-electron chi connectivity index (χ0n) is 13.4. The second-order valence-electron chi connectivity index (χ2n) is 5.50. The van der Waals surface area contributed by atoms with E-state index < -0.39 is 11.2 Å². The molecule has 118 valence electrons. The van der Waals surface area contributed by atoms with Gasteiger partial charge in [0.2, 0.25) is 0 Å². The molecule has 0 radical (unpaired) electrons. The number of pyridine rings is 1. The standard InChI is InChI=1S/C15H20N4O3/c1-6-8(2)17-13(20)10-7-9(3)16-12-11(10)14(21)19(5)15(22)18(12)4/h7-8H,6H2,1-5H3,(H,17,20)/t8-/m0/s1. The van der Waals surface area contributed by atoms with Gasteiger partial charge < -0.3 is 5.32 Å². The van der Waals surface area contributed by atoms with Crippen molar-refractivity contribution in [1.29, 1.82) is 0 Å². The molecule has 0 saturated carbocycles. The topological polar surface area (TPSA) is 86.0 Å². The van der Waals surface area contributed by atoms with E-state index in [1.807, 2.05) is 13.8 Å². The number of fused-ring (bicyclic) bond motifs is 1. The summed E-state index contributed by atoms with van der Waals surface area (Å²) in [6.07, 6.45) is 0.782. The van der Waals surface area contributed by atoms with Crippen molar-refractivity contribution in [3.63, 3.8) is 0 Å². The lowest BCUT2D eigenvalue weighted by Crippen LogP contribution is -2.39. The average molecular weight is 304 g/mol. The van der Waals surface area contributed by atoms with E-state index in [1.165, 1.54) is 18.7 Å². The van der Waals surface area contributed by atoms with Gasteiger partial charge >= 0.3 is 5.69 Å². The minimum absolute atomic E-state index is 0.00703. The van der Waals surface area contributed by atoms with E-state index in [0.717, 1.165) is 11.0 Å².